The zero-order valence-electron chi connectivity index (χ0n) is 10.1. The molecule has 0 aliphatic carbocycles. The lowest BCUT2D eigenvalue weighted by molar-refractivity contribution is 0.110. The molecule has 0 unspecified atom stereocenters. The fourth-order valence-corrected chi connectivity index (χ4v) is 1.77. The molecule has 0 aliphatic rings. The minimum Gasteiger partial charge on any atom is -0.497 e. The smallest absolute Gasteiger partial charge is 0.185 e. The van der Waals surface area contributed by atoms with Crippen LogP contribution in [-0.2, 0) is 6.42 Å². The number of hydrogen-bond acceptors (Lipinski definition) is 4. The van der Waals surface area contributed by atoms with E-state index in [-0.39, 0.29) is 12.4 Å². The van der Waals surface area contributed by atoms with Crippen molar-refractivity contribution in [3.63, 3.8) is 0 Å². The first-order chi connectivity index (χ1) is 8.76. The molecule has 0 atom stereocenters. The van der Waals surface area contributed by atoms with Crippen LogP contribution in [0.1, 0.15) is 16.1 Å². The molecule has 0 aliphatic heterocycles. The van der Waals surface area contributed by atoms with Crippen LogP contribution in [-0.4, -0.2) is 25.1 Å². The molecule has 0 bridgehead atoms. The Kier molecular flexibility index (Phi) is 3.79. The highest BCUT2D eigenvalue weighted by Crippen LogP contribution is 2.27. The van der Waals surface area contributed by atoms with E-state index < -0.39 is 0 Å². The van der Waals surface area contributed by atoms with Crippen LogP contribution < -0.4 is 4.74 Å². The molecule has 0 spiro atoms. The van der Waals surface area contributed by atoms with Crippen molar-refractivity contribution in [2.45, 2.75) is 6.42 Å². The van der Waals surface area contributed by atoms with E-state index in [1.807, 2.05) is 18.2 Å². The summed E-state index contributed by atoms with van der Waals surface area (Å²) < 4.78 is 10.6. The highest BCUT2D eigenvalue weighted by molar-refractivity contribution is 5.73. The summed E-state index contributed by atoms with van der Waals surface area (Å²) in [7, 11) is 1.58. The van der Waals surface area contributed by atoms with Crippen LogP contribution in [0, 0.1) is 0 Å². The van der Waals surface area contributed by atoms with Gasteiger partial charge in [0.15, 0.2) is 12.0 Å². The minimum absolute atomic E-state index is 0.0738. The SMILES string of the molecule is COc1cc(CCO)cc(-c2ccc(C=O)o2)c1. The van der Waals surface area contributed by atoms with E-state index in [0.29, 0.717) is 24.2 Å². The van der Waals surface area contributed by atoms with Gasteiger partial charge in [0.1, 0.15) is 11.5 Å². The molecule has 18 heavy (non-hydrogen) atoms. The lowest BCUT2D eigenvalue weighted by atomic mass is 10.1. The molecule has 1 aromatic carbocycles. The first-order valence-electron chi connectivity index (χ1n) is 5.61. The number of aliphatic hydroxyl groups excluding tert-OH is 1. The number of carbonyl (C=O) groups excluding carboxylic acids is 1. The molecular formula is C14H14O4. The molecule has 4 nitrogen and oxygen atoms in total. The van der Waals surface area contributed by atoms with Crippen molar-refractivity contribution >= 4 is 6.29 Å². The van der Waals surface area contributed by atoms with Gasteiger partial charge in [0.05, 0.1) is 7.11 Å². The lowest BCUT2D eigenvalue weighted by Gasteiger charge is -2.06. The number of furan rings is 1. The van der Waals surface area contributed by atoms with Crippen LogP contribution in [0.2, 0.25) is 0 Å². The molecule has 2 rings (SSSR count). The number of benzene rings is 1. The molecule has 0 saturated carbocycles. The molecule has 0 saturated heterocycles. The van der Waals surface area contributed by atoms with E-state index in [1.165, 1.54) is 0 Å². The Hall–Kier alpha value is -2.07. The Morgan fingerprint density at radius 2 is 2.17 bits per heavy atom. The molecule has 1 heterocycles. The summed E-state index contributed by atoms with van der Waals surface area (Å²) in [6, 6.07) is 8.96. The molecule has 1 aromatic heterocycles. The number of aldehydes is 1. The van der Waals surface area contributed by atoms with Crippen molar-refractivity contribution in [2.75, 3.05) is 13.7 Å². The molecule has 94 valence electrons. The Morgan fingerprint density at radius 1 is 1.33 bits per heavy atom. The normalized spacial score (nSPS) is 10.3. The van der Waals surface area contributed by atoms with Crippen LogP contribution in [0.15, 0.2) is 34.7 Å². The summed E-state index contributed by atoms with van der Waals surface area (Å²) in [5, 5.41) is 8.98. The molecular weight excluding hydrogens is 232 g/mol. The van der Waals surface area contributed by atoms with E-state index in [0.717, 1.165) is 11.1 Å². The minimum atomic E-state index is 0.0738. The van der Waals surface area contributed by atoms with Crippen molar-refractivity contribution in [3.8, 4) is 17.1 Å². The highest BCUT2D eigenvalue weighted by atomic mass is 16.5. The standard InChI is InChI=1S/C14H14O4/c1-17-13-7-10(4-5-15)6-11(8-13)14-3-2-12(9-16)18-14/h2-3,6-9,15H,4-5H2,1H3. The van der Waals surface area contributed by atoms with Crippen molar-refractivity contribution < 1.29 is 19.1 Å². The summed E-state index contributed by atoms with van der Waals surface area (Å²) >= 11 is 0. The average molecular weight is 246 g/mol. The van der Waals surface area contributed by atoms with Crippen LogP contribution in [0.5, 0.6) is 5.75 Å². The van der Waals surface area contributed by atoms with Gasteiger partial charge < -0.3 is 14.3 Å². The Bertz CT molecular complexity index is 542. The van der Waals surface area contributed by atoms with Gasteiger partial charge in [0.25, 0.3) is 0 Å². The maximum atomic E-state index is 10.6. The first-order valence-corrected chi connectivity index (χ1v) is 5.61. The molecule has 1 N–H and O–H groups in total. The predicted molar refractivity (Wildman–Crippen MR) is 66.9 cm³/mol. The molecule has 2 aromatic rings. The van der Waals surface area contributed by atoms with Gasteiger partial charge in [-0.3, -0.25) is 4.79 Å². The summed E-state index contributed by atoms with van der Waals surface area (Å²) in [5.74, 6) is 1.59. The first kappa shape index (κ1) is 12.4. The molecule has 0 fully saturated rings. The summed E-state index contributed by atoms with van der Waals surface area (Å²) in [5.41, 5.74) is 1.78. The van der Waals surface area contributed by atoms with Crippen molar-refractivity contribution in [2.24, 2.45) is 0 Å². The third-order valence-corrected chi connectivity index (χ3v) is 2.63. The van der Waals surface area contributed by atoms with Crippen LogP contribution >= 0.6 is 0 Å². The third-order valence-electron chi connectivity index (χ3n) is 2.63. The molecule has 4 heteroatoms. The van der Waals surface area contributed by atoms with Gasteiger partial charge in [-0.15, -0.1) is 0 Å². The van der Waals surface area contributed by atoms with E-state index in [2.05, 4.69) is 0 Å². The Balaban J connectivity index is 2.42. The second-order valence-electron chi connectivity index (χ2n) is 3.86. The van der Waals surface area contributed by atoms with Gasteiger partial charge in [-0.1, -0.05) is 0 Å². The van der Waals surface area contributed by atoms with E-state index in [9.17, 15) is 4.79 Å². The Labute approximate surface area is 105 Å². The van der Waals surface area contributed by atoms with Crippen LogP contribution in [0.4, 0.5) is 0 Å². The highest BCUT2D eigenvalue weighted by Gasteiger charge is 2.07. The van der Waals surface area contributed by atoms with Crippen molar-refractivity contribution in [3.05, 3.63) is 41.7 Å². The van der Waals surface area contributed by atoms with Crippen LogP contribution in [0.3, 0.4) is 0 Å². The monoisotopic (exact) mass is 246 g/mol. The van der Waals surface area contributed by atoms with Gasteiger partial charge in [0.2, 0.25) is 0 Å². The number of hydrogen-bond donors (Lipinski definition) is 1. The summed E-state index contributed by atoms with van der Waals surface area (Å²) in [6.07, 6.45) is 1.21. The quantitative estimate of drug-likeness (QED) is 0.822. The fourth-order valence-electron chi connectivity index (χ4n) is 1.77. The number of ether oxygens (including phenoxy) is 1. The maximum absolute atomic E-state index is 10.6. The van der Waals surface area contributed by atoms with Gasteiger partial charge in [-0.2, -0.15) is 0 Å². The zero-order chi connectivity index (χ0) is 13.0. The summed E-state index contributed by atoms with van der Waals surface area (Å²) in [4.78, 5) is 10.6. The van der Waals surface area contributed by atoms with Gasteiger partial charge in [0, 0.05) is 12.2 Å². The van der Waals surface area contributed by atoms with Gasteiger partial charge in [-0.25, -0.2) is 0 Å². The lowest BCUT2D eigenvalue weighted by Crippen LogP contribution is -1.93. The number of rotatable bonds is 5. The number of carbonyl (C=O) groups is 1. The van der Waals surface area contributed by atoms with E-state index >= 15 is 0 Å². The second kappa shape index (κ2) is 5.51. The van der Waals surface area contributed by atoms with E-state index in [4.69, 9.17) is 14.3 Å². The van der Waals surface area contributed by atoms with Gasteiger partial charge in [-0.05, 0) is 42.3 Å². The third kappa shape index (κ3) is 2.60. The van der Waals surface area contributed by atoms with Crippen LogP contribution in [0.25, 0.3) is 11.3 Å². The largest absolute Gasteiger partial charge is 0.497 e. The zero-order valence-corrected chi connectivity index (χ0v) is 10.1. The van der Waals surface area contributed by atoms with Crippen molar-refractivity contribution in [1.82, 2.24) is 0 Å². The molecule has 0 radical (unpaired) electrons. The topological polar surface area (TPSA) is 59.7 Å². The fraction of sp³-hybridized carbons (Fsp3) is 0.214. The second-order valence-corrected chi connectivity index (χ2v) is 3.86. The Morgan fingerprint density at radius 3 is 2.78 bits per heavy atom. The predicted octanol–water partition coefficient (Wildman–Crippen LogP) is 2.30. The number of methoxy groups -OCH3 is 1. The number of aliphatic hydroxyl groups is 1. The molecule has 0 amide bonds. The average Bonchev–Trinajstić information content (AvgIpc) is 2.87. The van der Waals surface area contributed by atoms with E-state index in [1.54, 1.807) is 19.2 Å². The van der Waals surface area contributed by atoms with Crippen molar-refractivity contribution in [1.29, 1.82) is 0 Å². The summed E-state index contributed by atoms with van der Waals surface area (Å²) in [6.45, 7) is 0.0738. The van der Waals surface area contributed by atoms with Gasteiger partial charge >= 0.3 is 0 Å². The maximum Gasteiger partial charge on any atom is 0.185 e.